The minimum atomic E-state index is -3.68. The largest absolute Gasteiger partial charge is 0.508 e. The molecule has 0 fully saturated rings. The van der Waals surface area contributed by atoms with Gasteiger partial charge in [0.15, 0.2) is 0 Å². The van der Waals surface area contributed by atoms with Crippen LogP contribution in [0.5, 0.6) is 5.75 Å². The van der Waals surface area contributed by atoms with Gasteiger partial charge >= 0.3 is 0 Å². The summed E-state index contributed by atoms with van der Waals surface area (Å²) >= 11 is 0. The van der Waals surface area contributed by atoms with Gasteiger partial charge in [-0.3, -0.25) is 4.79 Å². The van der Waals surface area contributed by atoms with E-state index in [1.165, 1.54) is 18.2 Å². The molecule has 2 rings (SSSR count). The van der Waals surface area contributed by atoms with Crippen LogP contribution in [-0.2, 0) is 21.2 Å². The van der Waals surface area contributed by atoms with Crippen LogP contribution in [0, 0.1) is 0 Å². The lowest BCUT2D eigenvalue weighted by atomic mass is 10.1. The molecule has 1 amide bonds. The predicted octanol–water partition coefficient (Wildman–Crippen LogP) is 2.65. The molecule has 0 heterocycles. The quantitative estimate of drug-likeness (QED) is 0.762. The van der Waals surface area contributed by atoms with Gasteiger partial charge in [0, 0.05) is 16.8 Å². The molecule has 0 aliphatic rings. The Balaban J connectivity index is 2.14. The molecule has 6 nitrogen and oxygen atoms in total. The summed E-state index contributed by atoms with van der Waals surface area (Å²) in [4.78, 5) is 12.2. The normalized spacial score (nSPS) is 12.0. The second-order valence-corrected chi connectivity index (χ2v) is 8.42. The van der Waals surface area contributed by atoms with Crippen LogP contribution in [0.1, 0.15) is 26.3 Å². The SMILES string of the molecule is CC(C)(C)NS(=O)(=O)c1cccc(NC(=O)Cc2ccccc2O)c1. The van der Waals surface area contributed by atoms with E-state index in [0.717, 1.165) is 0 Å². The van der Waals surface area contributed by atoms with Gasteiger partial charge in [-0.2, -0.15) is 0 Å². The Hall–Kier alpha value is -2.38. The average Bonchev–Trinajstić information content (AvgIpc) is 2.47. The number of aromatic hydroxyl groups is 1. The molecule has 0 unspecified atom stereocenters. The molecule has 2 aromatic rings. The number of sulfonamides is 1. The molecule has 0 aliphatic heterocycles. The molecular formula is C18H22N2O4S. The molecule has 2 aromatic carbocycles. The topological polar surface area (TPSA) is 95.5 Å². The van der Waals surface area contributed by atoms with Gasteiger partial charge in [-0.05, 0) is 45.0 Å². The Morgan fingerprint density at radius 1 is 1.08 bits per heavy atom. The summed E-state index contributed by atoms with van der Waals surface area (Å²) in [6.45, 7) is 5.26. The first-order valence-corrected chi connectivity index (χ1v) is 9.26. The zero-order valence-corrected chi connectivity index (χ0v) is 15.2. The number of nitrogens with one attached hydrogen (secondary N) is 2. The third-order valence-electron chi connectivity index (χ3n) is 3.21. The van der Waals surface area contributed by atoms with Crippen LogP contribution in [-0.4, -0.2) is 25.0 Å². The Morgan fingerprint density at radius 3 is 2.40 bits per heavy atom. The highest BCUT2D eigenvalue weighted by Crippen LogP contribution is 2.19. The first-order chi connectivity index (χ1) is 11.6. The zero-order valence-electron chi connectivity index (χ0n) is 14.4. The summed E-state index contributed by atoms with van der Waals surface area (Å²) in [7, 11) is -3.68. The number of hydrogen-bond acceptors (Lipinski definition) is 4. The number of anilines is 1. The molecule has 3 N–H and O–H groups in total. The number of phenolic OH excluding ortho intramolecular Hbond substituents is 1. The van der Waals surface area contributed by atoms with Crippen molar-refractivity contribution < 1.29 is 18.3 Å². The van der Waals surface area contributed by atoms with Crippen LogP contribution < -0.4 is 10.0 Å². The summed E-state index contributed by atoms with van der Waals surface area (Å²) in [6.07, 6.45) is -0.0100. The fourth-order valence-electron chi connectivity index (χ4n) is 2.24. The van der Waals surface area contributed by atoms with Crippen molar-refractivity contribution in [1.82, 2.24) is 4.72 Å². The minimum absolute atomic E-state index is 0.0100. The smallest absolute Gasteiger partial charge is 0.241 e. The van der Waals surface area contributed by atoms with E-state index in [2.05, 4.69) is 10.0 Å². The van der Waals surface area contributed by atoms with Gasteiger partial charge in [0.2, 0.25) is 15.9 Å². The van der Waals surface area contributed by atoms with Gasteiger partial charge < -0.3 is 10.4 Å². The number of carbonyl (C=O) groups excluding carboxylic acids is 1. The highest BCUT2D eigenvalue weighted by molar-refractivity contribution is 7.89. The lowest BCUT2D eigenvalue weighted by Crippen LogP contribution is -2.40. The van der Waals surface area contributed by atoms with Crippen molar-refractivity contribution in [3.05, 3.63) is 54.1 Å². The molecule has 0 spiro atoms. The number of rotatable bonds is 5. The van der Waals surface area contributed by atoms with E-state index in [1.54, 1.807) is 51.1 Å². The molecule has 0 atom stereocenters. The maximum atomic E-state index is 12.4. The second-order valence-electron chi connectivity index (χ2n) is 6.74. The van der Waals surface area contributed by atoms with Gasteiger partial charge in [-0.15, -0.1) is 0 Å². The van der Waals surface area contributed by atoms with Crippen molar-refractivity contribution >= 4 is 21.6 Å². The lowest BCUT2D eigenvalue weighted by molar-refractivity contribution is -0.115. The third-order valence-corrected chi connectivity index (χ3v) is 4.97. The Labute approximate surface area is 147 Å². The lowest BCUT2D eigenvalue weighted by Gasteiger charge is -2.20. The van der Waals surface area contributed by atoms with Crippen molar-refractivity contribution in [2.75, 3.05) is 5.32 Å². The molecule has 0 saturated carbocycles. The Morgan fingerprint density at radius 2 is 1.76 bits per heavy atom. The van der Waals surface area contributed by atoms with Gasteiger partial charge in [0.05, 0.1) is 11.3 Å². The highest BCUT2D eigenvalue weighted by Gasteiger charge is 2.22. The summed E-state index contributed by atoms with van der Waals surface area (Å²) in [6, 6.07) is 12.6. The molecule has 134 valence electrons. The monoisotopic (exact) mass is 362 g/mol. The summed E-state index contributed by atoms with van der Waals surface area (Å²) < 4.78 is 27.3. The molecule has 0 saturated heterocycles. The van der Waals surface area contributed by atoms with Crippen LogP contribution in [0.15, 0.2) is 53.4 Å². The maximum Gasteiger partial charge on any atom is 0.241 e. The number of benzene rings is 2. The van der Waals surface area contributed by atoms with Crippen molar-refractivity contribution in [2.45, 2.75) is 37.6 Å². The van der Waals surface area contributed by atoms with Crippen LogP contribution in [0.3, 0.4) is 0 Å². The maximum absolute atomic E-state index is 12.4. The molecule has 0 radical (unpaired) electrons. The van der Waals surface area contributed by atoms with E-state index >= 15 is 0 Å². The van der Waals surface area contributed by atoms with Gasteiger partial charge in [0.1, 0.15) is 5.75 Å². The van der Waals surface area contributed by atoms with Crippen molar-refractivity contribution in [1.29, 1.82) is 0 Å². The third kappa shape index (κ3) is 5.58. The molecule has 0 aromatic heterocycles. The van der Waals surface area contributed by atoms with Crippen molar-refractivity contribution in [3.63, 3.8) is 0 Å². The average molecular weight is 362 g/mol. The Kier molecular flexibility index (Phi) is 5.49. The number of amides is 1. The summed E-state index contributed by atoms with van der Waals surface area (Å²) in [5.41, 5.74) is 0.263. The first kappa shape index (κ1) is 19.0. The fraction of sp³-hybridized carbons (Fsp3) is 0.278. The fourth-order valence-corrected chi connectivity index (χ4v) is 3.71. The highest BCUT2D eigenvalue weighted by atomic mass is 32.2. The standard InChI is InChI=1S/C18H22N2O4S/c1-18(2,3)20-25(23,24)15-9-6-8-14(12-15)19-17(22)11-13-7-4-5-10-16(13)21/h4-10,12,20-21H,11H2,1-3H3,(H,19,22). The zero-order chi connectivity index (χ0) is 18.7. The number of carbonyl (C=O) groups is 1. The summed E-state index contributed by atoms with van der Waals surface area (Å²) in [5.74, 6) is -0.303. The predicted molar refractivity (Wildman–Crippen MR) is 97.0 cm³/mol. The van der Waals surface area contributed by atoms with E-state index in [-0.39, 0.29) is 23.0 Å². The van der Waals surface area contributed by atoms with E-state index in [1.807, 2.05) is 0 Å². The van der Waals surface area contributed by atoms with Crippen molar-refractivity contribution in [3.8, 4) is 5.75 Å². The number of hydrogen-bond donors (Lipinski definition) is 3. The van der Waals surface area contributed by atoms with Gasteiger partial charge in [0.25, 0.3) is 0 Å². The van der Waals surface area contributed by atoms with Crippen LogP contribution in [0.2, 0.25) is 0 Å². The molecule has 0 aliphatic carbocycles. The molecule has 25 heavy (non-hydrogen) atoms. The van der Waals surface area contributed by atoms with E-state index in [0.29, 0.717) is 11.3 Å². The van der Waals surface area contributed by atoms with Gasteiger partial charge in [-0.25, -0.2) is 13.1 Å². The van der Waals surface area contributed by atoms with Crippen LogP contribution >= 0.6 is 0 Å². The number of para-hydroxylation sites is 1. The first-order valence-electron chi connectivity index (χ1n) is 7.78. The molecule has 7 heteroatoms. The van der Waals surface area contributed by atoms with E-state index in [9.17, 15) is 18.3 Å². The minimum Gasteiger partial charge on any atom is -0.508 e. The second kappa shape index (κ2) is 7.25. The van der Waals surface area contributed by atoms with Gasteiger partial charge in [-0.1, -0.05) is 24.3 Å². The van der Waals surface area contributed by atoms with E-state index in [4.69, 9.17) is 0 Å². The molecule has 0 bridgehead atoms. The van der Waals surface area contributed by atoms with Crippen molar-refractivity contribution in [2.24, 2.45) is 0 Å². The van der Waals surface area contributed by atoms with E-state index < -0.39 is 15.6 Å². The van der Waals surface area contributed by atoms with Crippen LogP contribution in [0.25, 0.3) is 0 Å². The summed E-state index contributed by atoms with van der Waals surface area (Å²) in [5, 5.41) is 12.4. The van der Waals surface area contributed by atoms with Crippen LogP contribution in [0.4, 0.5) is 5.69 Å². The Bertz CT molecular complexity index is 871. The molecular weight excluding hydrogens is 340 g/mol. The number of phenols is 1.